The highest BCUT2D eigenvalue weighted by Crippen LogP contribution is 2.30. The van der Waals surface area contributed by atoms with Gasteiger partial charge in [-0.3, -0.25) is 9.59 Å². The second-order valence-electron chi connectivity index (χ2n) is 9.97. The fraction of sp³-hybridized carbons (Fsp3) is 0.385. The molecule has 2 aromatic heterocycles. The molecule has 0 aliphatic carbocycles. The van der Waals surface area contributed by atoms with Gasteiger partial charge in [0, 0.05) is 31.4 Å². The first-order chi connectivity index (χ1) is 17.7. The highest BCUT2D eigenvalue weighted by Gasteiger charge is 2.48. The molecule has 4 N–H and O–H groups in total. The summed E-state index contributed by atoms with van der Waals surface area (Å²) in [4.78, 5) is 36.4. The van der Waals surface area contributed by atoms with E-state index in [0.29, 0.717) is 23.3 Å². The van der Waals surface area contributed by atoms with E-state index in [0.717, 1.165) is 11.1 Å². The Morgan fingerprint density at radius 1 is 1.22 bits per heavy atom. The van der Waals surface area contributed by atoms with E-state index < -0.39 is 24.6 Å². The number of benzene rings is 1. The lowest BCUT2D eigenvalue weighted by atomic mass is 9.74. The number of pyridine rings is 1. The van der Waals surface area contributed by atoms with Crippen LogP contribution < -0.4 is 10.6 Å². The SMILES string of the molecule is Cc1cccc(CC2(C(=O)N[C@@H](CC(C)C)B(O)O)CC(CNC(=O)c3cccn4ccnc34)=NO2)c1. The number of carbonyl (C=O) groups excluding carboxylic acids is 2. The molecule has 3 heterocycles. The molecule has 11 heteroatoms. The summed E-state index contributed by atoms with van der Waals surface area (Å²) in [5.41, 5.74) is 1.99. The molecule has 3 aromatic rings. The van der Waals surface area contributed by atoms with E-state index in [9.17, 15) is 19.6 Å². The average molecular weight is 505 g/mol. The van der Waals surface area contributed by atoms with Crippen LogP contribution in [0, 0.1) is 12.8 Å². The smallest absolute Gasteiger partial charge is 0.426 e. The van der Waals surface area contributed by atoms with Crippen LogP contribution in [0.15, 0.2) is 60.1 Å². The standard InChI is InChI=1S/C26H32BN5O5/c1-17(2)12-22(27(35)36)30-25(34)26(14-19-7-4-6-18(3)13-19)15-20(31-37-26)16-29-24(33)21-8-5-10-32-11-9-28-23(21)32/h4-11,13,17,22,35-36H,12,14-16H2,1-3H3,(H,29,33)(H,30,34)/t22-,26?/m0/s1. The summed E-state index contributed by atoms with van der Waals surface area (Å²) in [7, 11) is -1.71. The third-order valence-electron chi connectivity index (χ3n) is 6.34. The topological polar surface area (TPSA) is 138 Å². The van der Waals surface area contributed by atoms with Gasteiger partial charge in [-0.05, 0) is 37.0 Å². The highest BCUT2D eigenvalue weighted by molar-refractivity contribution is 6.43. The molecular formula is C26H32BN5O5. The predicted molar refractivity (Wildman–Crippen MR) is 140 cm³/mol. The molecule has 194 valence electrons. The second-order valence-corrected chi connectivity index (χ2v) is 9.97. The zero-order valence-corrected chi connectivity index (χ0v) is 21.2. The molecule has 10 nitrogen and oxygen atoms in total. The largest absolute Gasteiger partial charge is 0.475 e. The lowest BCUT2D eigenvalue weighted by molar-refractivity contribution is -0.144. The predicted octanol–water partition coefficient (Wildman–Crippen LogP) is 1.67. The lowest BCUT2D eigenvalue weighted by Crippen LogP contribution is -2.56. The van der Waals surface area contributed by atoms with Gasteiger partial charge in [0.2, 0.25) is 5.60 Å². The first-order valence-corrected chi connectivity index (χ1v) is 12.3. The molecule has 0 spiro atoms. The van der Waals surface area contributed by atoms with E-state index in [1.807, 2.05) is 51.2 Å². The van der Waals surface area contributed by atoms with Crippen molar-refractivity contribution in [1.29, 1.82) is 0 Å². The zero-order valence-electron chi connectivity index (χ0n) is 21.2. The molecular weight excluding hydrogens is 473 g/mol. The van der Waals surface area contributed by atoms with Crippen LogP contribution in [0.5, 0.6) is 0 Å². The minimum absolute atomic E-state index is 0.0848. The van der Waals surface area contributed by atoms with Gasteiger partial charge in [-0.25, -0.2) is 4.98 Å². The molecule has 0 radical (unpaired) electrons. The molecule has 0 fully saturated rings. The van der Waals surface area contributed by atoms with Gasteiger partial charge in [-0.2, -0.15) is 0 Å². The van der Waals surface area contributed by atoms with Gasteiger partial charge in [0.15, 0.2) is 0 Å². The molecule has 0 saturated carbocycles. The summed E-state index contributed by atoms with van der Waals surface area (Å²) >= 11 is 0. The van der Waals surface area contributed by atoms with Crippen LogP contribution in [0.1, 0.15) is 48.2 Å². The molecule has 1 aliphatic rings. The molecule has 2 atom stereocenters. The van der Waals surface area contributed by atoms with E-state index in [1.165, 1.54) is 0 Å². The average Bonchev–Trinajstić information content (AvgIpc) is 3.49. The molecule has 2 amide bonds. The third kappa shape index (κ3) is 6.18. The van der Waals surface area contributed by atoms with E-state index in [2.05, 4.69) is 20.8 Å². The number of fused-ring (bicyclic) bond motifs is 1. The van der Waals surface area contributed by atoms with Crippen molar-refractivity contribution in [3.05, 3.63) is 71.7 Å². The first-order valence-electron chi connectivity index (χ1n) is 12.3. The number of rotatable bonds is 10. The summed E-state index contributed by atoms with van der Waals surface area (Å²) in [6.45, 7) is 5.92. The summed E-state index contributed by atoms with van der Waals surface area (Å²) in [6, 6.07) is 11.2. The van der Waals surface area contributed by atoms with E-state index in [4.69, 9.17) is 4.84 Å². The van der Waals surface area contributed by atoms with Crippen molar-refractivity contribution < 1.29 is 24.5 Å². The van der Waals surface area contributed by atoms with Crippen LogP contribution >= 0.6 is 0 Å². The lowest BCUT2D eigenvalue weighted by Gasteiger charge is -2.29. The molecule has 1 aliphatic heterocycles. The number of aromatic nitrogens is 2. The number of hydrogen-bond acceptors (Lipinski definition) is 7. The number of amides is 2. The highest BCUT2D eigenvalue weighted by atomic mass is 16.7. The van der Waals surface area contributed by atoms with E-state index >= 15 is 0 Å². The van der Waals surface area contributed by atoms with Crippen molar-refractivity contribution >= 4 is 30.3 Å². The van der Waals surface area contributed by atoms with Crippen molar-refractivity contribution in [2.24, 2.45) is 11.1 Å². The molecule has 37 heavy (non-hydrogen) atoms. The van der Waals surface area contributed by atoms with Crippen LogP contribution in [0.25, 0.3) is 5.65 Å². The number of oxime groups is 1. The third-order valence-corrected chi connectivity index (χ3v) is 6.34. The van der Waals surface area contributed by atoms with Crippen molar-refractivity contribution in [1.82, 2.24) is 20.0 Å². The monoisotopic (exact) mass is 505 g/mol. The molecule has 4 rings (SSSR count). The number of carbonyl (C=O) groups is 2. The maximum atomic E-state index is 13.5. The second kappa shape index (κ2) is 11.1. The van der Waals surface area contributed by atoms with Gasteiger partial charge in [0.1, 0.15) is 5.65 Å². The minimum Gasteiger partial charge on any atom is -0.426 e. The Bertz CT molecular complexity index is 1310. The van der Waals surface area contributed by atoms with Crippen molar-refractivity contribution in [3.63, 3.8) is 0 Å². The van der Waals surface area contributed by atoms with Gasteiger partial charge >= 0.3 is 7.12 Å². The molecule has 1 aromatic carbocycles. The Balaban J connectivity index is 1.50. The fourth-order valence-electron chi connectivity index (χ4n) is 4.56. The minimum atomic E-state index is -1.71. The number of aryl methyl sites for hydroxylation is 1. The van der Waals surface area contributed by atoms with Crippen molar-refractivity contribution in [3.8, 4) is 0 Å². The summed E-state index contributed by atoms with van der Waals surface area (Å²) < 4.78 is 1.76. The Kier molecular flexibility index (Phi) is 7.94. The summed E-state index contributed by atoms with van der Waals surface area (Å²) in [5.74, 6) is -1.53. The van der Waals surface area contributed by atoms with Gasteiger partial charge in [0.25, 0.3) is 11.8 Å². The zero-order chi connectivity index (χ0) is 26.6. The van der Waals surface area contributed by atoms with Crippen LogP contribution in [0.4, 0.5) is 0 Å². The number of nitrogens with one attached hydrogen (secondary N) is 2. The normalized spacial score (nSPS) is 17.8. The van der Waals surface area contributed by atoms with Crippen LogP contribution in [0.3, 0.4) is 0 Å². The van der Waals surface area contributed by atoms with E-state index in [1.54, 1.807) is 28.9 Å². The molecule has 0 saturated heterocycles. The van der Waals surface area contributed by atoms with Gasteiger partial charge < -0.3 is 29.9 Å². The molecule has 1 unspecified atom stereocenters. The maximum absolute atomic E-state index is 13.5. The van der Waals surface area contributed by atoms with Gasteiger partial charge in [-0.1, -0.05) is 48.8 Å². The Labute approximate surface area is 215 Å². The maximum Gasteiger partial charge on any atom is 0.475 e. The van der Waals surface area contributed by atoms with E-state index in [-0.39, 0.29) is 31.2 Å². The number of nitrogens with zero attached hydrogens (tertiary/aromatic N) is 3. The summed E-state index contributed by atoms with van der Waals surface area (Å²) in [5, 5.41) is 29.4. The number of hydrogen-bond donors (Lipinski definition) is 4. The van der Waals surface area contributed by atoms with Crippen LogP contribution in [0.2, 0.25) is 0 Å². The van der Waals surface area contributed by atoms with Crippen molar-refractivity contribution in [2.75, 3.05) is 6.54 Å². The fourth-order valence-corrected chi connectivity index (χ4v) is 4.56. The van der Waals surface area contributed by atoms with Crippen molar-refractivity contribution in [2.45, 2.75) is 51.6 Å². The summed E-state index contributed by atoms with van der Waals surface area (Å²) in [6.07, 6.45) is 5.93. The number of imidazole rings is 1. The van der Waals surface area contributed by atoms with Crippen LogP contribution in [-0.2, 0) is 16.1 Å². The van der Waals surface area contributed by atoms with Gasteiger partial charge in [-0.15, -0.1) is 0 Å². The Morgan fingerprint density at radius 2 is 2.03 bits per heavy atom. The van der Waals surface area contributed by atoms with Crippen LogP contribution in [-0.4, -0.2) is 62.2 Å². The quantitative estimate of drug-likeness (QED) is 0.310. The Hall–Kier alpha value is -3.70. The van der Waals surface area contributed by atoms with Gasteiger partial charge in [0.05, 0.1) is 23.8 Å². The molecule has 0 bridgehead atoms. The first kappa shape index (κ1) is 26.4. The Morgan fingerprint density at radius 3 is 2.76 bits per heavy atom.